The maximum atomic E-state index is 12.9. The van der Waals surface area contributed by atoms with Gasteiger partial charge in [0.1, 0.15) is 6.04 Å². The van der Waals surface area contributed by atoms with Crippen LogP contribution in [-0.4, -0.2) is 46.4 Å². The molecule has 28 heavy (non-hydrogen) atoms. The van der Waals surface area contributed by atoms with Crippen molar-refractivity contribution in [3.8, 4) is 23.7 Å². The van der Waals surface area contributed by atoms with E-state index in [0.29, 0.717) is 6.92 Å². The van der Waals surface area contributed by atoms with Crippen LogP contribution in [0.1, 0.15) is 22.8 Å². The zero-order valence-corrected chi connectivity index (χ0v) is 14.1. The van der Waals surface area contributed by atoms with E-state index < -0.39 is 36.1 Å². The van der Waals surface area contributed by atoms with E-state index in [4.69, 9.17) is 5.21 Å². The van der Waals surface area contributed by atoms with Crippen LogP contribution < -0.4 is 10.8 Å². The third-order valence-electron chi connectivity index (χ3n) is 3.29. The number of carbonyl (C=O) groups is 2. The quantitative estimate of drug-likeness (QED) is 0.257. The van der Waals surface area contributed by atoms with E-state index in [1.165, 1.54) is 12.1 Å². The van der Waals surface area contributed by atoms with Crippen LogP contribution in [0.5, 0.6) is 0 Å². The highest BCUT2D eigenvalue weighted by molar-refractivity contribution is 5.97. The number of carbonyl (C=O) groups excluding carboxylic acids is 2. The molecule has 4 N–H and O–H groups in total. The standard InChI is InChI=1S/C17H13F5N2O4/c1-16(27,15(18)19)12(14(26)24-28)23-13(25)11-7-5-10(6-8-11)4-2-3-9-17(20,21)22/h5-8,12,15,27-28H,1H3,(H,23,25)(H,24,26). The molecule has 0 heterocycles. The van der Waals surface area contributed by atoms with Crippen molar-refractivity contribution in [2.24, 2.45) is 0 Å². The van der Waals surface area contributed by atoms with Crippen LogP contribution in [0, 0.1) is 23.7 Å². The number of amides is 2. The minimum atomic E-state index is -4.67. The van der Waals surface area contributed by atoms with E-state index in [2.05, 4.69) is 5.92 Å². The van der Waals surface area contributed by atoms with Gasteiger partial charge in [0.25, 0.3) is 18.2 Å². The van der Waals surface area contributed by atoms with Gasteiger partial charge in [-0.1, -0.05) is 5.92 Å². The van der Waals surface area contributed by atoms with Crippen LogP contribution in [0.4, 0.5) is 22.0 Å². The summed E-state index contributed by atoms with van der Waals surface area (Å²) in [6, 6.07) is 2.61. The fraction of sp³-hybridized carbons (Fsp3) is 0.294. The fourth-order valence-electron chi connectivity index (χ4n) is 1.79. The van der Waals surface area contributed by atoms with Gasteiger partial charge in [0.05, 0.1) is 0 Å². The molecule has 0 saturated carbocycles. The lowest BCUT2D eigenvalue weighted by Crippen LogP contribution is -2.61. The molecule has 2 unspecified atom stereocenters. The summed E-state index contributed by atoms with van der Waals surface area (Å²) in [5.74, 6) is 4.31. The van der Waals surface area contributed by atoms with Crippen molar-refractivity contribution in [2.75, 3.05) is 0 Å². The largest absolute Gasteiger partial charge is 0.458 e. The molecule has 0 aliphatic heterocycles. The van der Waals surface area contributed by atoms with Gasteiger partial charge >= 0.3 is 6.18 Å². The normalized spacial score (nSPS) is 13.9. The molecule has 0 aliphatic rings. The number of aliphatic hydroxyl groups is 1. The van der Waals surface area contributed by atoms with E-state index in [-0.39, 0.29) is 11.1 Å². The summed E-state index contributed by atoms with van der Waals surface area (Å²) in [4.78, 5) is 23.6. The first-order chi connectivity index (χ1) is 12.9. The van der Waals surface area contributed by atoms with Gasteiger partial charge in [-0.05, 0) is 43.0 Å². The molecule has 0 aliphatic carbocycles. The number of alkyl halides is 5. The molecule has 0 bridgehead atoms. The molecule has 0 aromatic heterocycles. The highest BCUT2D eigenvalue weighted by atomic mass is 19.4. The highest BCUT2D eigenvalue weighted by Gasteiger charge is 2.46. The van der Waals surface area contributed by atoms with Gasteiger partial charge in [-0.25, -0.2) is 14.3 Å². The molecular weight excluding hydrogens is 391 g/mol. The van der Waals surface area contributed by atoms with Gasteiger partial charge < -0.3 is 10.4 Å². The third kappa shape index (κ3) is 6.54. The van der Waals surface area contributed by atoms with E-state index in [1.54, 1.807) is 5.92 Å². The Balaban J connectivity index is 2.96. The number of hydrogen-bond acceptors (Lipinski definition) is 4. The number of rotatable bonds is 5. The molecule has 0 spiro atoms. The van der Waals surface area contributed by atoms with Crippen LogP contribution in [0.25, 0.3) is 0 Å². The van der Waals surface area contributed by atoms with Crippen LogP contribution >= 0.6 is 0 Å². The van der Waals surface area contributed by atoms with Crippen LogP contribution in [0.3, 0.4) is 0 Å². The Labute approximate surface area is 155 Å². The maximum absolute atomic E-state index is 12.9. The lowest BCUT2D eigenvalue weighted by atomic mass is 9.95. The topological polar surface area (TPSA) is 98.7 Å². The predicted molar refractivity (Wildman–Crippen MR) is 85.0 cm³/mol. The molecule has 0 fully saturated rings. The van der Waals surface area contributed by atoms with Crippen molar-refractivity contribution in [2.45, 2.75) is 31.2 Å². The van der Waals surface area contributed by atoms with Crippen molar-refractivity contribution in [3.05, 3.63) is 35.4 Å². The van der Waals surface area contributed by atoms with Crippen molar-refractivity contribution in [1.29, 1.82) is 0 Å². The van der Waals surface area contributed by atoms with Crippen LogP contribution in [-0.2, 0) is 4.79 Å². The summed E-state index contributed by atoms with van der Waals surface area (Å²) in [7, 11) is 0. The Morgan fingerprint density at radius 3 is 2.14 bits per heavy atom. The molecular formula is C17H13F5N2O4. The number of benzene rings is 1. The van der Waals surface area contributed by atoms with Crippen molar-refractivity contribution >= 4 is 11.8 Å². The Kier molecular flexibility index (Phi) is 7.50. The Hall–Kier alpha value is -3.15. The second kappa shape index (κ2) is 9.17. The number of hydrogen-bond donors (Lipinski definition) is 4. The zero-order valence-electron chi connectivity index (χ0n) is 14.1. The molecule has 2 amide bonds. The molecule has 150 valence electrons. The SMILES string of the molecule is CC(O)(C(F)F)C(NC(=O)c1ccc(C#CC#CC(F)(F)F)cc1)C(=O)NO. The van der Waals surface area contributed by atoms with Gasteiger partial charge in [0, 0.05) is 17.0 Å². The third-order valence-corrected chi connectivity index (χ3v) is 3.29. The van der Waals surface area contributed by atoms with Crippen LogP contribution in [0.15, 0.2) is 24.3 Å². The summed E-state index contributed by atoms with van der Waals surface area (Å²) in [6.07, 6.45) is -8.10. The van der Waals surface area contributed by atoms with E-state index in [0.717, 1.165) is 23.5 Å². The number of nitrogens with one attached hydrogen (secondary N) is 2. The number of hydroxylamine groups is 1. The van der Waals surface area contributed by atoms with Gasteiger partial charge in [-0.2, -0.15) is 13.2 Å². The molecule has 2 atom stereocenters. The minimum Gasteiger partial charge on any atom is -0.381 e. The summed E-state index contributed by atoms with van der Waals surface area (Å²) >= 11 is 0. The first-order valence-corrected chi connectivity index (χ1v) is 7.33. The number of halogens is 5. The molecule has 0 radical (unpaired) electrons. The molecule has 6 nitrogen and oxygen atoms in total. The Morgan fingerprint density at radius 1 is 1.11 bits per heavy atom. The molecule has 1 aromatic rings. The Bertz CT molecular complexity index is 843. The van der Waals surface area contributed by atoms with Gasteiger partial charge in [-0.3, -0.25) is 14.8 Å². The first-order valence-electron chi connectivity index (χ1n) is 7.33. The predicted octanol–water partition coefficient (Wildman–Crippen LogP) is 1.22. The van der Waals surface area contributed by atoms with Gasteiger partial charge in [0.2, 0.25) is 0 Å². The lowest BCUT2D eigenvalue weighted by molar-refractivity contribution is -0.149. The monoisotopic (exact) mass is 404 g/mol. The second-order valence-electron chi connectivity index (χ2n) is 5.48. The van der Waals surface area contributed by atoms with Crippen molar-refractivity contribution in [1.82, 2.24) is 10.8 Å². The van der Waals surface area contributed by atoms with E-state index in [1.807, 2.05) is 11.2 Å². The molecule has 1 rings (SSSR count). The summed E-state index contributed by atoms with van der Waals surface area (Å²) in [5, 5.41) is 20.2. The van der Waals surface area contributed by atoms with Crippen LogP contribution in [0.2, 0.25) is 0 Å². The highest BCUT2D eigenvalue weighted by Crippen LogP contribution is 2.20. The van der Waals surface area contributed by atoms with Crippen molar-refractivity contribution < 1.29 is 41.9 Å². The molecule has 11 heteroatoms. The minimum absolute atomic E-state index is 0.132. The smallest absolute Gasteiger partial charge is 0.381 e. The molecule has 1 aromatic carbocycles. The zero-order chi connectivity index (χ0) is 21.5. The maximum Gasteiger partial charge on any atom is 0.458 e. The second-order valence-corrected chi connectivity index (χ2v) is 5.48. The average Bonchev–Trinajstić information content (AvgIpc) is 2.61. The fourth-order valence-corrected chi connectivity index (χ4v) is 1.79. The summed E-state index contributed by atoms with van der Waals surface area (Å²) in [5.41, 5.74) is -1.83. The van der Waals surface area contributed by atoms with E-state index in [9.17, 15) is 36.6 Å². The van der Waals surface area contributed by atoms with Gasteiger partial charge in [-0.15, -0.1) is 0 Å². The Morgan fingerprint density at radius 2 is 1.68 bits per heavy atom. The first kappa shape index (κ1) is 22.9. The molecule has 0 saturated heterocycles. The van der Waals surface area contributed by atoms with Gasteiger partial charge in [0.15, 0.2) is 5.60 Å². The van der Waals surface area contributed by atoms with E-state index >= 15 is 0 Å². The summed E-state index contributed by atoms with van der Waals surface area (Å²) in [6.45, 7) is 0.596. The lowest BCUT2D eigenvalue weighted by Gasteiger charge is -2.30. The average molecular weight is 404 g/mol. The summed E-state index contributed by atoms with van der Waals surface area (Å²) < 4.78 is 61.4. The van der Waals surface area contributed by atoms with Crippen molar-refractivity contribution in [3.63, 3.8) is 0 Å².